The molecule has 0 radical (unpaired) electrons. The maximum atomic E-state index is 13.0. The Morgan fingerprint density at radius 3 is 1.16 bits per heavy atom. The Morgan fingerprint density at radius 2 is 0.772 bits per heavy atom. The van der Waals surface area contributed by atoms with E-state index in [-0.39, 0.29) is 19.1 Å². The fraction of sp³-hybridized carbons (Fsp3) is 0.757. The lowest BCUT2D eigenvalue weighted by molar-refractivity contribution is -0.870. The first-order valence-electron chi connectivity index (χ1n) is 33.1. The number of phosphoric ester groups is 1. The van der Waals surface area contributed by atoms with E-state index in [1.165, 1.54) is 180 Å². The summed E-state index contributed by atoms with van der Waals surface area (Å²) < 4.78 is 23.8. The highest BCUT2D eigenvalue weighted by Gasteiger charge is 2.27. The van der Waals surface area contributed by atoms with Crippen molar-refractivity contribution >= 4 is 13.7 Å². The van der Waals surface area contributed by atoms with Gasteiger partial charge in [-0.2, -0.15) is 0 Å². The average molecular weight is 1120 g/mol. The van der Waals surface area contributed by atoms with E-state index in [0.29, 0.717) is 17.4 Å². The highest BCUT2D eigenvalue weighted by atomic mass is 31.2. The molecule has 0 saturated carbocycles. The maximum Gasteiger partial charge on any atom is 0.472 e. The SMILES string of the molecule is CC/C=C\C/C=C\C/C=C\C/C=C\C/C=C\C/C=C\CCCCCCCCCCC(=O)NC(COP(=O)(O)OCC[N+](C)(C)C)C(O)/C=C/CC/C=C/CCCCCCCCCCCCCCCCCCCCCCCCCC. The topological polar surface area (TPSA) is 105 Å². The van der Waals surface area contributed by atoms with Gasteiger partial charge in [0.05, 0.1) is 39.9 Å². The van der Waals surface area contributed by atoms with Crippen LogP contribution < -0.4 is 5.32 Å². The fourth-order valence-corrected chi connectivity index (χ4v) is 10.2. The number of phosphoric acid groups is 1. The van der Waals surface area contributed by atoms with Gasteiger partial charge in [-0.3, -0.25) is 13.8 Å². The van der Waals surface area contributed by atoms with E-state index < -0.39 is 20.0 Å². The Hall–Kier alpha value is -2.58. The molecule has 3 unspecified atom stereocenters. The highest BCUT2D eigenvalue weighted by Crippen LogP contribution is 2.43. The van der Waals surface area contributed by atoms with Gasteiger partial charge < -0.3 is 19.8 Å². The minimum Gasteiger partial charge on any atom is -0.387 e. The summed E-state index contributed by atoms with van der Waals surface area (Å²) in [5, 5.41) is 14.0. The summed E-state index contributed by atoms with van der Waals surface area (Å²) in [6.07, 6.45) is 86.9. The molecule has 0 saturated heterocycles. The van der Waals surface area contributed by atoms with Crippen LogP contribution in [0.5, 0.6) is 0 Å². The van der Waals surface area contributed by atoms with Gasteiger partial charge in [-0.25, -0.2) is 4.57 Å². The van der Waals surface area contributed by atoms with Crippen LogP contribution in [0.3, 0.4) is 0 Å². The molecule has 0 aliphatic carbocycles. The van der Waals surface area contributed by atoms with Gasteiger partial charge in [0.1, 0.15) is 13.2 Å². The second kappa shape index (κ2) is 60.0. The maximum absolute atomic E-state index is 13.0. The van der Waals surface area contributed by atoms with Crippen molar-refractivity contribution in [2.24, 2.45) is 0 Å². The van der Waals surface area contributed by atoms with Crippen molar-refractivity contribution in [3.63, 3.8) is 0 Å². The van der Waals surface area contributed by atoms with Gasteiger partial charge in [-0.15, -0.1) is 0 Å². The number of aliphatic hydroxyl groups excluding tert-OH is 1. The number of carbonyl (C=O) groups is 1. The Morgan fingerprint density at radius 1 is 0.443 bits per heavy atom. The number of aliphatic hydroxyl groups is 1. The van der Waals surface area contributed by atoms with Crippen LogP contribution in [0.2, 0.25) is 0 Å². The third-order valence-corrected chi connectivity index (χ3v) is 15.5. The largest absolute Gasteiger partial charge is 0.472 e. The standard InChI is InChI=1S/C70H127N2O6P/c1-6-8-10-12-14-16-18-20-22-24-26-28-30-32-34-35-36-38-39-41-43-45-47-49-51-53-55-57-59-61-63-69(73)68(67-78-79(75,76)77-66-65-72(3,4)5)71-70(74)64-62-60-58-56-54-52-50-48-46-44-42-40-37-33-31-29-27-25-23-21-19-17-15-13-11-9-7-2/h9,11,15,17,21,23,27,29,33,37,42,44,53,55,61,63,68-69,73H,6-8,10,12-14,16,18-20,22,24-26,28,30-32,34-36,38-41,43,45-52,54,56-60,62,64-67H2,1-5H3,(H-,71,74,75,76)/p+1/b11-9-,17-15-,23-21-,29-27-,37-33-,44-42-,55-53+,63-61+. The van der Waals surface area contributed by atoms with Crippen LogP contribution in [0.15, 0.2) is 97.2 Å². The quantitative estimate of drug-likeness (QED) is 0.0243. The number of carbonyl (C=O) groups excluding carboxylic acids is 1. The molecular formula is C70H128N2O6P+. The molecule has 0 aromatic carbocycles. The molecule has 458 valence electrons. The Balaban J connectivity index is 4.19. The minimum absolute atomic E-state index is 0.0499. The smallest absolute Gasteiger partial charge is 0.387 e. The third kappa shape index (κ3) is 62.9. The number of nitrogens with zero attached hydrogens (tertiary/aromatic N) is 1. The number of unbranched alkanes of at least 4 members (excludes halogenated alkanes) is 33. The molecule has 0 aromatic heterocycles. The number of allylic oxidation sites excluding steroid dienone is 15. The lowest BCUT2D eigenvalue weighted by Gasteiger charge is -2.25. The zero-order valence-corrected chi connectivity index (χ0v) is 53.2. The molecule has 0 bridgehead atoms. The first kappa shape index (κ1) is 76.4. The molecule has 0 aliphatic heterocycles. The molecular weight excluding hydrogens is 996 g/mol. The molecule has 0 rings (SSSR count). The summed E-state index contributed by atoms with van der Waals surface area (Å²) in [5.41, 5.74) is 0. The van der Waals surface area contributed by atoms with Crippen LogP contribution in [-0.2, 0) is 18.4 Å². The molecule has 9 heteroatoms. The monoisotopic (exact) mass is 1120 g/mol. The number of quaternary nitrogens is 1. The van der Waals surface area contributed by atoms with Gasteiger partial charge in [0, 0.05) is 6.42 Å². The van der Waals surface area contributed by atoms with E-state index >= 15 is 0 Å². The predicted molar refractivity (Wildman–Crippen MR) is 346 cm³/mol. The third-order valence-electron chi connectivity index (χ3n) is 14.5. The summed E-state index contributed by atoms with van der Waals surface area (Å²) >= 11 is 0. The van der Waals surface area contributed by atoms with Crippen molar-refractivity contribution in [1.29, 1.82) is 0 Å². The van der Waals surface area contributed by atoms with E-state index in [0.717, 1.165) is 89.9 Å². The number of hydrogen-bond acceptors (Lipinski definition) is 5. The fourth-order valence-electron chi connectivity index (χ4n) is 9.42. The zero-order valence-electron chi connectivity index (χ0n) is 52.3. The lowest BCUT2D eigenvalue weighted by atomic mass is 10.0. The molecule has 3 atom stereocenters. The Labute approximate surface area is 489 Å². The van der Waals surface area contributed by atoms with Gasteiger partial charge >= 0.3 is 7.82 Å². The number of nitrogens with one attached hydrogen (secondary N) is 1. The molecule has 1 amide bonds. The number of likely N-dealkylation sites (N-methyl/N-ethyl adjacent to an activating group) is 1. The van der Waals surface area contributed by atoms with Crippen molar-refractivity contribution in [3.8, 4) is 0 Å². The highest BCUT2D eigenvalue weighted by molar-refractivity contribution is 7.47. The van der Waals surface area contributed by atoms with Crippen molar-refractivity contribution < 1.29 is 32.9 Å². The lowest BCUT2D eigenvalue weighted by Crippen LogP contribution is -2.45. The zero-order chi connectivity index (χ0) is 57.7. The van der Waals surface area contributed by atoms with Crippen LogP contribution in [0.4, 0.5) is 0 Å². The summed E-state index contributed by atoms with van der Waals surface area (Å²) in [7, 11) is 1.54. The molecule has 0 heterocycles. The predicted octanol–water partition coefficient (Wildman–Crippen LogP) is 20.9. The van der Waals surface area contributed by atoms with Gasteiger partial charge in [0.25, 0.3) is 0 Å². The van der Waals surface area contributed by atoms with Gasteiger partial charge in [-0.1, -0.05) is 297 Å². The molecule has 79 heavy (non-hydrogen) atoms. The summed E-state index contributed by atoms with van der Waals surface area (Å²) in [5.74, 6) is -0.196. The van der Waals surface area contributed by atoms with Crippen molar-refractivity contribution in [2.75, 3.05) is 40.9 Å². The molecule has 3 N–H and O–H groups in total. The minimum atomic E-state index is -4.37. The van der Waals surface area contributed by atoms with Crippen LogP contribution in [0.25, 0.3) is 0 Å². The summed E-state index contributed by atoms with van der Waals surface area (Å²) in [6.45, 7) is 4.70. The van der Waals surface area contributed by atoms with E-state index in [1.807, 2.05) is 27.2 Å². The van der Waals surface area contributed by atoms with Crippen LogP contribution >= 0.6 is 7.82 Å². The summed E-state index contributed by atoms with van der Waals surface area (Å²) in [4.78, 5) is 23.4. The van der Waals surface area contributed by atoms with Crippen molar-refractivity contribution in [3.05, 3.63) is 97.2 Å². The Kier molecular flexibility index (Phi) is 58.1. The average Bonchev–Trinajstić information content (AvgIpc) is 3.42. The van der Waals surface area contributed by atoms with Crippen molar-refractivity contribution in [2.45, 2.75) is 302 Å². The first-order chi connectivity index (χ1) is 38.5. The van der Waals surface area contributed by atoms with E-state index in [9.17, 15) is 19.4 Å². The second-order valence-electron chi connectivity index (χ2n) is 23.5. The Bertz CT molecular complexity index is 1610. The van der Waals surface area contributed by atoms with E-state index in [4.69, 9.17) is 9.05 Å². The van der Waals surface area contributed by atoms with Crippen LogP contribution in [-0.4, -0.2) is 73.4 Å². The van der Waals surface area contributed by atoms with Gasteiger partial charge in [0.2, 0.25) is 5.91 Å². The molecule has 0 aliphatic rings. The molecule has 0 fully saturated rings. The molecule has 0 spiro atoms. The molecule has 0 aromatic rings. The van der Waals surface area contributed by atoms with Crippen LogP contribution in [0.1, 0.15) is 290 Å². The number of rotatable bonds is 60. The van der Waals surface area contributed by atoms with Gasteiger partial charge in [-0.05, 0) is 83.5 Å². The van der Waals surface area contributed by atoms with Crippen molar-refractivity contribution in [1.82, 2.24) is 5.32 Å². The molecule has 8 nitrogen and oxygen atoms in total. The van der Waals surface area contributed by atoms with E-state index in [1.54, 1.807) is 6.08 Å². The number of hydrogen-bond donors (Lipinski definition) is 3. The number of amides is 1. The van der Waals surface area contributed by atoms with Crippen LogP contribution in [0, 0.1) is 0 Å². The second-order valence-corrected chi connectivity index (χ2v) is 24.9. The summed E-state index contributed by atoms with van der Waals surface area (Å²) in [6, 6.07) is -0.877. The normalized spacial score (nSPS) is 14.4. The van der Waals surface area contributed by atoms with E-state index in [2.05, 4.69) is 104 Å². The first-order valence-corrected chi connectivity index (χ1v) is 34.6. The van der Waals surface area contributed by atoms with Gasteiger partial charge in [0.15, 0.2) is 0 Å².